The zero-order valence-corrected chi connectivity index (χ0v) is 63.4. The number of phosphoric acid groups is 2. The van der Waals surface area contributed by atoms with Gasteiger partial charge in [0.1, 0.15) is 19.3 Å². The van der Waals surface area contributed by atoms with Crippen molar-refractivity contribution in [3.8, 4) is 0 Å². The zero-order valence-electron chi connectivity index (χ0n) is 61.6. The molecule has 17 nitrogen and oxygen atoms in total. The molecule has 0 aromatic rings. The molecule has 3 unspecified atom stereocenters. The Morgan fingerprint density at radius 1 is 0.298 bits per heavy atom. The molecule has 0 aliphatic carbocycles. The molecule has 0 aliphatic rings. The van der Waals surface area contributed by atoms with Crippen LogP contribution in [0.5, 0.6) is 0 Å². The van der Waals surface area contributed by atoms with Crippen molar-refractivity contribution >= 4 is 39.5 Å². The fourth-order valence-electron chi connectivity index (χ4n) is 11.3. The molecule has 6 atom stereocenters. The molecule has 0 aromatic heterocycles. The minimum Gasteiger partial charge on any atom is -0.462 e. The highest BCUT2D eigenvalue weighted by atomic mass is 31.2. The van der Waals surface area contributed by atoms with E-state index in [1.54, 1.807) is 0 Å². The maximum absolute atomic E-state index is 13.0. The first-order chi connectivity index (χ1) is 45.1. The molecule has 0 aliphatic heterocycles. The van der Waals surface area contributed by atoms with Crippen LogP contribution in [0.25, 0.3) is 0 Å². The average molecular weight is 1380 g/mol. The van der Waals surface area contributed by atoms with Crippen molar-refractivity contribution in [2.45, 2.75) is 395 Å². The SMILES string of the molecule is CCC(C)CCCCCCCCC(=O)OC[C@H](COP(=O)(O)OC[C@H](O)COP(=O)(O)OC[C@@H](COC(=O)CCCCCCCCCCCCCCCCCCCCC(C)C)OC(=O)CCCCCCCCC(C)C)OC(=O)CCCCCCCCCCCCCC(C)C. The third kappa shape index (κ3) is 67.3. The van der Waals surface area contributed by atoms with E-state index in [0.29, 0.717) is 31.6 Å². The molecule has 0 amide bonds. The van der Waals surface area contributed by atoms with Crippen LogP contribution in [0.4, 0.5) is 0 Å². The van der Waals surface area contributed by atoms with Crippen molar-refractivity contribution in [1.82, 2.24) is 0 Å². The van der Waals surface area contributed by atoms with Gasteiger partial charge in [0.15, 0.2) is 12.2 Å². The molecule has 0 saturated carbocycles. The first-order valence-electron chi connectivity index (χ1n) is 38.7. The fraction of sp³-hybridized carbons (Fsp3) is 0.947. The minimum absolute atomic E-state index is 0.102. The quantitative estimate of drug-likeness (QED) is 0.0222. The molecule has 0 saturated heterocycles. The summed E-state index contributed by atoms with van der Waals surface area (Å²) >= 11 is 0. The van der Waals surface area contributed by atoms with Gasteiger partial charge in [0, 0.05) is 25.7 Å². The number of esters is 4. The summed E-state index contributed by atoms with van der Waals surface area (Å²) in [6.45, 7) is 14.1. The second-order valence-electron chi connectivity index (χ2n) is 28.7. The number of rotatable bonds is 72. The van der Waals surface area contributed by atoms with Crippen LogP contribution in [0.2, 0.25) is 0 Å². The van der Waals surface area contributed by atoms with Gasteiger partial charge in [0.05, 0.1) is 26.4 Å². The van der Waals surface area contributed by atoms with Crippen LogP contribution in [0.15, 0.2) is 0 Å². The Labute approximate surface area is 575 Å². The van der Waals surface area contributed by atoms with Crippen LogP contribution in [0, 0.1) is 23.7 Å². The molecule has 0 spiro atoms. The number of aliphatic hydroxyl groups is 1. The number of hydrogen-bond acceptors (Lipinski definition) is 15. The number of carbonyl (C=O) groups excluding carboxylic acids is 4. The van der Waals surface area contributed by atoms with E-state index >= 15 is 0 Å². The second-order valence-corrected chi connectivity index (χ2v) is 31.6. The number of unbranched alkanes of at least 4 members (excludes halogenated alkanes) is 37. The van der Waals surface area contributed by atoms with Gasteiger partial charge in [0.25, 0.3) is 0 Å². The molecule has 558 valence electrons. The number of carbonyl (C=O) groups is 4. The summed E-state index contributed by atoms with van der Waals surface area (Å²) in [6, 6.07) is 0. The van der Waals surface area contributed by atoms with Crippen LogP contribution in [-0.4, -0.2) is 96.7 Å². The van der Waals surface area contributed by atoms with E-state index in [4.69, 9.17) is 37.0 Å². The van der Waals surface area contributed by atoms with Gasteiger partial charge in [-0.05, 0) is 49.4 Å². The zero-order chi connectivity index (χ0) is 69.6. The van der Waals surface area contributed by atoms with E-state index in [9.17, 15) is 43.2 Å². The number of ether oxygens (including phenoxy) is 4. The fourth-order valence-corrected chi connectivity index (χ4v) is 12.9. The Morgan fingerprint density at radius 3 is 0.755 bits per heavy atom. The third-order valence-corrected chi connectivity index (χ3v) is 19.6. The number of hydrogen-bond donors (Lipinski definition) is 3. The highest BCUT2D eigenvalue weighted by Crippen LogP contribution is 2.45. The standard InChI is InChI=1S/C75H146O17P2/c1-9-68(8)54-46-38-32-34-40-48-56-73(78)86-62-70(91-74(79)57-49-41-30-26-22-18-20-24-28-36-44-52-66(4)5)63-89-93(81,82)87-59-69(76)60-88-94(83,84)90-64-71(92-75(80)58-50-42-33-31-37-45-53-67(6)7)61-85-72(77)55-47-39-29-25-21-17-15-13-11-10-12-14-16-19-23-27-35-43-51-65(2)3/h65-71,76H,9-64H2,1-8H3,(H,81,82)(H,83,84)/t68?,69-,70+,71+/m0/s1. The molecule has 3 N–H and O–H groups in total. The van der Waals surface area contributed by atoms with E-state index in [1.807, 2.05) is 0 Å². The van der Waals surface area contributed by atoms with Gasteiger partial charge < -0.3 is 33.8 Å². The van der Waals surface area contributed by atoms with Crippen molar-refractivity contribution in [2.75, 3.05) is 39.6 Å². The largest absolute Gasteiger partial charge is 0.472 e. The van der Waals surface area contributed by atoms with Crippen LogP contribution in [0.1, 0.15) is 376 Å². The smallest absolute Gasteiger partial charge is 0.462 e. The lowest BCUT2D eigenvalue weighted by Crippen LogP contribution is -2.30. The van der Waals surface area contributed by atoms with Crippen LogP contribution in [-0.2, 0) is 65.4 Å². The van der Waals surface area contributed by atoms with E-state index in [1.165, 1.54) is 173 Å². The van der Waals surface area contributed by atoms with E-state index < -0.39 is 97.5 Å². The predicted molar refractivity (Wildman–Crippen MR) is 381 cm³/mol. The summed E-state index contributed by atoms with van der Waals surface area (Å²) in [5, 5.41) is 10.6. The van der Waals surface area contributed by atoms with Gasteiger partial charge in [-0.2, -0.15) is 0 Å². The molecule has 0 aromatic carbocycles. The molecule has 0 rings (SSSR count). The van der Waals surface area contributed by atoms with Gasteiger partial charge in [-0.1, -0.05) is 325 Å². The highest BCUT2D eigenvalue weighted by molar-refractivity contribution is 7.47. The first-order valence-corrected chi connectivity index (χ1v) is 41.7. The summed E-state index contributed by atoms with van der Waals surface area (Å²) in [5.41, 5.74) is 0. The van der Waals surface area contributed by atoms with Crippen LogP contribution >= 0.6 is 15.6 Å². The molecule has 0 bridgehead atoms. The molecule has 0 fully saturated rings. The van der Waals surface area contributed by atoms with E-state index in [0.717, 1.165) is 114 Å². The molecule has 0 heterocycles. The summed E-state index contributed by atoms with van der Waals surface area (Å²) in [7, 11) is -9.91. The first kappa shape index (κ1) is 92.1. The van der Waals surface area contributed by atoms with E-state index in [2.05, 4.69) is 55.4 Å². The summed E-state index contributed by atoms with van der Waals surface area (Å²) < 4.78 is 68.4. The molecule has 19 heteroatoms. The lowest BCUT2D eigenvalue weighted by atomic mass is 10.00. The molecule has 0 radical (unpaired) electrons. The monoisotopic (exact) mass is 1380 g/mol. The average Bonchev–Trinajstić information content (AvgIpc) is 1.10. The maximum atomic E-state index is 13.0. The number of aliphatic hydroxyl groups excluding tert-OH is 1. The second kappa shape index (κ2) is 64.4. The molecular weight excluding hydrogens is 1230 g/mol. The van der Waals surface area contributed by atoms with Gasteiger partial charge in [-0.3, -0.25) is 37.3 Å². The van der Waals surface area contributed by atoms with Crippen molar-refractivity contribution in [3.05, 3.63) is 0 Å². The Hall–Kier alpha value is -1.94. The predicted octanol–water partition coefficient (Wildman–Crippen LogP) is 21.7. The summed E-state index contributed by atoms with van der Waals surface area (Å²) in [5.74, 6) is 0.860. The number of phosphoric ester groups is 2. The Balaban J connectivity index is 5.13. The van der Waals surface area contributed by atoms with E-state index in [-0.39, 0.29) is 25.7 Å². The molecular formula is C75H146O17P2. The highest BCUT2D eigenvalue weighted by Gasteiger charge is 2.30. The van der Waals surface area contributed by atoms with Crippen molar-refractivity contribution in [2.24, 2.45) is 23.7 Å². The maximum Gasteiger partial charge on any atom is 0.472 e. The Bertz CT molecular complexity index is 1850. The van der Waals surface area contributed by atoms with Crippen molar-refractivity contribution < 1.29 is 80.2 Å². The summed E-state index contributed by atoms with van der Waals surface area (Å²) in [6.07, 6.45) is 49.0. The minimum atomic E-state index is -4.95. The van der Waals surface area contributed by atoms with Crippen molar-refractivity contribution in [1.29, 1.82) is 0 Å². The van der Waals surface area contributed by atoms with Gasteiger partial charge in [-0.25, -0.2) is 9.13 Å². The van der Waals surface area contributed by atoms with Crippen LogP contribution < -0.4 is 0 Å². The topological polar surface area (TPSA) is 237 Å². The van der Waals surface area contributed by atoms with Gasteiger partial charge in [0.2, 0.25) is 0 Å². The normalized spacial score (nSPS) is 14.4. The Morgan fingerprint density at radius 2 is 0.511 bits per heavy atom. The third-order valence-electron chi connectivity index (χ3n) is 17.7. The van der Waals surface area contributed by atoms with Gasteiger partial charge in [-0.15, -0.1) is 0 Å². The lowest BCUT2D eigenvalue weighted by molar-refractivity contribution is -0.161. The van der Waals surface area contributed by atoms with Gasteiger partial charge >= 0.3 is 39.5 Å². The summed E-state index contributed by atoms with van der Waals surface area (Å²) in [4.78, 5) is 72.6. The van der Waals surface area contributed by atoms with Crippen LogP contribution in [0.3, 0.4) is 0 Å². The molecule has 94 heavy (non-hydrogen) atoms. The van der Waals surface area contributed by atoms with Crippen molar-refractivity contribution in [3.63, 3.8) is 0 Å². The Kier molecular flexibility index (Phi) is 63.1. The lowest BCUT2D eigenvalue weighted by Gasteiger charge is -2.21.